The van der Waals surface area contributed by atoms with Gasteiger partial charge in [0.15, 0.2) is 6.61 Å². The van der Waals surface area contributed by atoms with Gasteiger partial charge in [0.05, 0.1) is 46.4 Å². The fraction of sp³-hybridized carbons (Fsp3) is 0.391. The summed E-state index contributed by atoms with van der Waals surface area (Å²) >= 11 is 0. The van der Waals surface area contributed by atoms with E-state index in [-0.39, 0.29) is 42.1 Å². The number of imidazole rings is 1. The average molecular weight is 543 g/mol. The Hall–Kier alpha value is -3.68. The molecule has 14 heteroatoms. The molecule has 0 radical (unpaired) electrons. The lowest BCUT2D eigenvalue weighted by molar-refractivity contribution is -0.153. The Labute approximate surface area is 212 Å². The summed E-state index contributed by atoms with van der Waals surface area (Å²) in [6.07, 6.45) is -4.11. The van der Waals surface area contributed by atoms with Gasteiger partial charge in [-0.15, -0.1) is 0 Å². The largest absolute Gasteiger partial charge is 0.508 e. The Morgan fingerprint density at radius 2 is 1.89 bits per heavy atom. The number of amides is 1. The highest BCUT2D eigenvalue weighted by Crippen LogP contribution is 2.26. The number of benzene rings is 1. The zero-order valence-corrected chi connectivity index (χ0v) is 21.1. The number of aromatic nitrogens is 3. The number of hydrogen-bond acceptors (Lipinski definition) is 8. The lowest BCUT2D eigenvalue weighted by Gasteiger charge is -2.19. The van der Waals surface area contributed by atoms with E-state index in [1.54, 1.807) is 31.2 Å². The number of alkyl halides is 3. The van der Waals surface area contributed by atoms with Crippen molar-refractivity contribution in [3.05, 3.63) is 47.8 Å². The van der Waals surface area contributed by atoms with Crippen molar-refractivity contribution in [3.8, 4) is 5.75 Å². The van der Waals surface area contributed by atoms with Gasteiger partial charge in [-0.3, -0.25) is 9.19 Å². The molecule has 0 fully saturated rings. The van der Waals surface area contributed by atoms with E-state index in [0.29, 0.717) is 16.6 Å². The molecule has 0 aliphatic rings. The quantitative estimate of drug-likeness (QED) is 0.372. The summed E-state index contributed by atoms with van der Waals surface area (Å²) in [4.78, 5) is 34.5. The van der Waals surface area contributed by atoms with Crippen LogP contribution in [0.5, 0.6) is 5.75 Å². The minimum absolute atomic E-state index is 0.0233. The molecule has 37 heavy (non-hydrogen) atoms. The predicted octanol–water partition coefficient (Wildman–Crippen LogP) is 4.06. The number of rotatable bonds is 9. The molecule has 1 amide bonds. The van der Waals surface area contributed by atoms with E-state index in [1.807, 2.05) is 0 Å². The number of carbonyl (C=O) groups is 2. The Bertz CT molecular complexity index is 1300. The standard InChI is InChI=1S/C23H25F3N4O6S/c1-4-34-22(32)35-12-11-29(3)21(31)30-18-8-6-5-7-16(18)28-20(30)37(33)13-17-15(2)19(9-10-27-17)36-14-23(24,25)26/h5-10H,4,11-14H2,1-3H3. The fourth-order valence-electron chi connectivity index (χ4n) is 3.24. The number of fused-ring (bicyclic) bond motifs is 1. The highest BCUT2D eigenvalue weighted by molar-refractivity contribution is 7.84. The summed E-state index contributed by atoms with van der Waals surface area (Å²) in [7, 11) is -0.435. The van der Waals surface area contributed by atoms with Crippen molar-refractivity contribution in [2.75, 3.05) is 33.4 Å². The molecule has 0 saturated carbocycles. The molecule has 1 atom stereocenters. The molecular weight excluding hydrogens is 517 g/mol. The minimum Gasteiger partial charge on any atom is -0.484 e. The van der Waals surface area contributed by atoms with Gasteiger partial charge in [0.2, 0.25) is 5.16 Å². The van der Waals surface area contributed by atoms with E-state index >= 15 is 0 Å². The van der Waals surface area contributed by atoms with Gasteiger partial charge in [-0.2, -0.15) is 13.2 Å². The second-order valence-electron chi connectivity index (χ2n) is 7.73. The highest BCUT2D eigenvalue weighted by Gasteiger charge is 2.29. The molecule has 0 bridgehead atoms. The van der Waals surface area contributed by atoms with E-state index in [2.05, 4.69) is 14.7 Å². The first kappa shape index (κ1) is 27.9. The van der Waals surface area contributed by atoms with Gasteiger partial charge in [-0.25, -0.2) is 19.1 Å². The molecule has 0 aliphatic carbocycles. The summed E-state index contributed by atoms with van der Waals surface area (Å²) in [5, 5.41) is -0.0628. The maximum atomic E-state index is 13.4. The maximum Gasteiger partial charge on any atom is 0.508 e. The van der Waals surface area contributed by atoms with Gasteiger partial charge in [-0.1, -0.05) is 12.1 Å². The number of hydrogen-bond donors (Lipinski definition) is 0. The van der Waals surface area contributed by atoms with Crippen LogP contribution in [0.1, 0.15) is 18.2 Å². The maximum absolute atomic E-state index is 13.4. The zero-order chi connectivity index (χ0) is 27.2. The first-order valence-electron chi connectivity index (χ1n) is 11.1. The minimum atomic E-state index is -4.52. The number of nitrogens with zero attached hydrogens (tertiary/aromatic N) is 4. The van der Waals surface area contributed by atoms with Crippen LogP contribution in [-0.4, -0.2) is 75.4 Å². The normalized spacial score (nSPS) is 12.3. The molecule has 0 spiro atoms. The first-order chi connectivity index (χ1) is 17.5. The van der Waals surface area contributed by atoms with Crippen molar-refractivity contribution in [2.45, 2.75) is 30.9 Å². The van der Waals surface area contributed by atoms with Gasteiger partial charge in [0.1, 0.15) is 12.4 Å². The topological polar surface area (TPSA) is 113 Å². The summed E-state index contributed by atoms with van der Waals surface area (Å²) in [5.41, 5.74) is 1.35. The number of ether oxygens (including phenoxy) is 3. The van der Waals surface area contributed by atoms with Crippen molar-refractivity contribution in [3.63, 3.8) is 0 Å². The average Bonchev–Trinajstić information content (AvgIpc) is 3.23. The number of likely N-dealkylation sites (N-methyl/N-ethyl adjacent to an activating group) is 1. The van der Waals surface area contributed by atoms with Crippen molar-refractivity contribution in [1.29, 1.82) is 0 Å². The molecule has 1 aromatic carbocycles. The van der Waals surface area contributed by atoms with Crippen molar-refractivity contribution >= 4 is 34.0 Å². The van der Waals surface area contributed by atoms with Crippen molar-refractivity contribution in [2.24, 2.45) is 0 Å². The third-order valence-electron chi connectivity index (χ3n) is 5.08. The molecule has 0 N–H and O–H groups in total. The van der Waals surface area contributed by atoms with Crippen LogP contribution < -0.4 is 4.74 Å². The van der Waals surface area contributed by atoms with E-state index in [9.17, 15) is 27.0 Å². The third-order valence-corrected chi connectivity index (χ3v) is 6.29. The van der Waals surface area contributed by atoms with Gasteiger partial charge in [0.25, 0.3) is 0 Å². The summed E-state index contributed by atoms with van der Waals surface area (Å²) in [6.45, 7) is 1.71. The molecule has 3 aromatic rings. The van der Waals surface area contributed by atoms with E-state index in [4.69, 9.17) is 9.47 Å². The number of halogens is 3. The van der Waals surface area contributed by atoms with Crippen LogP contribution >= 0.6 is 0 Å². The van der Waals surface area contributed by atoms with Crippen LogP contribution in [0.15, 0.2) is 41.7 Å². The van der Waals surface area contributed by atoms with Crippen LogP contribution in [-0.2, 0) is 26.0 Å². The van der Waals surface area contributed by atoms with Crippen LogP contribution in [0, 0.1) is 6.92 Å². The number of pyridine rings is 1. The van der Waals surface area contributed by atoms with Crippen LogP contribution in [0.2, 0.25) is 0 Å². The lowest BCUT2D eigenvalue weighted by Crippen LogP contribution is -2.35. The van der Waals surface area contributed by atoms with Crippen molar-refractivity contribution in [1.82, 2.24) is 19.4 Å². The monoisotopic (exact) mass is 542 g/mol. The predicted molar refractivity (Wildman–Crippen MR) is 127 cm³/mol. The fourth-order valence-corrected chi connectivity index (χ4v) is 4.49. The van der Waals surface area contributed by atoms with Crippen LogP contribution in [0.25, 0.3) is 11.0 Å². The molecule has 2 heterocycles. The molecule has 200 valence electrons. The molecule has 1 unspecified atom stereocenters. The van der Waals surface area contributed by atoms with E-state index < -0.39 is 35.8 Å². The van der Waals surface area contributed by atoms with Gasteiger partial charge < -0.3 is 19.1 Å². The summed E-state index contributed by atoms with van der Waals surface area (Å²) in [5.74, 6) is -0.258. The lowest BCUT2D eigenvalue weighted by atomic mass is 10.2. The van der Waals surface area contributed by atoms with Crippen LogP contribution in [0.3, 0.4) is 0 Å². The smallest absolute Gasteiger partial charge is 0.484 e. The molecular formula is C23H25F3N4O6S. The Morgan fingerprint density at radius 1 is 1.16 bits per heavy atom. The Morgan fingerprint density at radius 3 is 2.59 bits per heavy atom. The summed E-state index contributed by atoms with van der Waals surface area (Å²) in [6, 6.07) is 7.41. The van der Waals surface area contributed by atoms with E-state index in [1.165, 1.54) is 35.7 Å². The van der Waals surface area contributed by atoms with Gasteiger partial charge in [-0.05, 0) is 32.0 Å². The second kappa shape index (κ2) is 12.0. The summed E-state index contributed by atoms with van der Waals surface area (Å²) < 4.78 is 66.7. The number of para-hydroxylation sites is 2. The highest BCUT2D eigenvalue weighted by atomic mass is 32.2. The Balaban J connectivity index is 1.84. The van der Waals surface area contributed by atoms with Gasteiger partial charge in [0, 0.05) is 18.8 Å². The Kier molecular flexibility index (Phi) is 9.08. The zero-order valence-electron chi connectivity index (χ0n) is 20.3. The SMILES string of the molecule is CCOC(=O)OCCN(C)C(=O)n1c(S(=O)Cc2nccc(OCC(F)(F)F)c2C)nc2ccccc21. The molecule has 0 aliphatic heterocycles. The molecule has 3 rings (SSSR count). The van der Waals surface area contributed by atoms with Crippen molar-refractivity contribution < 1.29 is 41.2 Å². The second-order valence-corrected chi connectivity index (χ2v) is 9.07. The first-order valence-corrected chi connectivity index (χ1v) is 12.4. The number of carbonyl (C=O) groups excluding carboxylic acids is 2. The third kappa shape index (κ3) is 7.18. The van der Waals surface area contributed by atoms with E-state index in [0.717, 1.165) is 0 Å². The molecule has 10 nitrogen and oxygen atoms in total. The molecule has 2 aromatic heterocycles. The van der Waals surface area contributed by atoms with Gasteiger partial charge >= 0.3 is 18.4 Å². The van der Waals surface area contributed by atoms with Crippen LogP contribution in [0.4, 0.5) is 22.8 Å². The molecule has 0 saturated heterocycles.